The van der Waals surface area contributed by atoms with Gasteiger partial charge in [0.15, 0.2) is 0 Å². The van der Waals surface area contributed by atoms with Gasteiger partial charge in [-0.05, 0) is 31.9 Å². The van der Waals surface area contributed by atoms with Crippen LogP contribution >= 0.6 is 0 Å². The van der Waals surface area contributed by atoms with E-state index in [9.17, 15) is 0 Å². The van der Waals surface area contributed by atoms with Gasteiger partial charge in [-0.15, -0.1) is 0 Å². The minimum Gasteiger partial charge on any atom is -0.373 e. The van der Waals surface area contributed by atoms with Gasteiger partial charge in [-0.25, -0.2) is 0 Å². The Bertz CT molecular complexity index is 281. The van der Waals surface area contributed by atoms with Crippen LogP contribution in [0.5, 0.6) is 0 Å². The quantitative estimate of drug-likeness (QED) is 0.733. The summed E-state index contributed by atoms with van der Waals surface area (Å²) >= 11 is 0. The van der Waals surface area contributed by atoms with E-state index in [1.165, 1.54) is 0 Å². The molecule has 0 amide bonds. The Morgan fingerprint density at radius 3 is 2.50 bits per heavy atom. The van der Waals surface area contributed by atoms with E-state index in [1.807, 2.05) is 26.0 Å². The maximum Gasteiger partial charge on any atom is 0.0891 e. The van der Waals surface area contributed by atoms with Gasteiger partial charge in [0, 0.05) is 5.69 Å². The van der Waals surface area contributed by atoms with Crippen molar-refractivity contribution in [1.82, 2.24) is 4.98 Å². The van der Waals surface area contributed by atoms with E-state index in [2.05, 4.69) is 24.9 Å². The molecule has 0 aliphatic carbocycles. The van der Waals surface area contributed by atoms with Crippen molar-refractivity contribution in [2.24, 2.45) is 0 Å². The van der Waals surface area contributed by atoms with Crippen LogP contribution in [0.4, 0.5) is 0 Å². The first-order valence-corrected chi connectivity index (χ1v) is 5.17. The molecule has 0 aromatic carbocycles. The van der Waals surface area contributed by atoms with E-state index in [-0.39, 0.29) is 6.10 Å². The number of pyridine rings is 1. The van der Waals surface area contributed by atoms with Gasteiger partial charge < -0.3 is 4.74 Å². The third-order valence-electron chi connectivity index (χ3n) is 1.98. The molecule has 0 spiro atoms. The summed E-state index contributed by atoms with van der Waals surface area (Å²) in [5.74, 6) is 0.481. The first kappa shape index (κ1) is 11.2. The molecule has 0 saturated carbocycles. The molecule has 0 atom stereocenters. The highest BCUT2D eigenvalue weighted by Crippen LogP contribution is 2.12. The van der Waals surface area contributed by atoms with Gasteiger partial charge in [-0.3, -0.25) is 4.98 Å². The Kier molecular flexibility index (Phi) is 4.08. The second kappa shape index (κ2) is 5.11. The van der Waals surface area contributed by atoms with Crippen LogP contribution in [0.15, 0.2) is 18.2 Å². The third-order valence-corrected chi connectivity index (χ3v) is 1.98. The standard InChI is InChI=1S/C12H19NO/c1-9(2)12-7-5-6-11(13-12)8-14-10(3)4/h5-7,9-10H,8H2,1-4H3. The van der Waals surface area contributed by atoms with Gasteiger partial charge in [-0.2, -0.15) is 0 Å². The minimum absolute atomic E-state index is 0.263. The van der Waals surface area contributed by atoms with Gasteiger partial charge in [0.2, 0.25) is 0 Å². The highest BCUT2D eigenvalue weighted by molar-refractivity contribution is 5.13. The summed E-state index contributed by atoms with van der Waals surface area (Å²) in [6.45, 7) is 8.97. The molecule has 0 N–H and O–H groups in total. The Labute approximate surface area is 86.3 Å². The van der Waals surface area contributed by atoms with Crippen molar-refractivity contribution in [3.8, 4) is 0 Å². The molecule has 0 fully saturated rings. The van der Waals surface area contributed by atoms with E-state index in [0.717, 1.165) is 11.4 Å². The van der Waals surface area contributed by atoms with Crippen LogP contribution in [0.1, 0.15) is 45.0 Å². The number of hydrogen-bond acceptors (Lipinski definition) is 2. The summed E-state index contributed by atoms with van der Waals surface area (Å²) in [5, 5.41) is 0. The van der Waals surface area contributed by atoms with Crippen LogP contribution < -0.4 is 0 Å². The molecule has 0 aliphatic rings. The topological polar surface area (TPSA) is 22.1 Å². The maximum atomic E-state index is 5.50. The van der Waals surface area contributed by atoms with Gasteiger partial charge in [0.25, 0.3) is 0 Å². The lowest BCUT2D eigenvalue weighted by molar-refractivity contribution is 0.0635. The molecule has 1 rings (SSSR count). The lowest BCUT2D eigenvalue weighted by atomic mass is 10.1. The van der Waals surface area contributed by atoms with Gasteiger partial charge in [0.05, 0.1) is 18.4 Å². The summed E-state index contributed by atoms with van der Waals surface area (Å²) in [6.07, 6.45) is 0.263. The van der Waals surface area contributed by atoms with Gasteiger partial charge in [0.1, 0.15) is 0 Å². The second-order valence-electron chi connectivity index (χ2n) is 4.07. The lowest BCUT2D eigenvalue weighted by Gasteiger charge is -2.09. The molecular formula is C12H19NO. The van der Waals surface area contributed by atoms with Crippen molar-refractivity contribution >= 4 is 0 Å². The monoisotopic (exact) mass is 193 g/mol. The fourth-order valence-corrected chi connectivity index (χ4v) is 1.15. The molecular weight excluding hydrogens is 174 g/mol. The molecule has 1 aromatic heterocycles. The van der Waals surface area contributed by atoms with E-state index in [0.29, 0.717) is 12.5 Å². The Morgan fingerprint density at radius 2 is 1.93 bits per heavy atom. The highest BCUT2D eigenvalue weighted by Gasteiger charge is 2.02. The largest absolute Gasteiger partial charge is 0.373 e. The van der Waals surface area contributed by atoms with Crippen LogP contribution in [-0.2, 0) is 11.3 Å². The first-order valence-electron chi connectivity index (χ1n) is 5.17. The molecule has 0 saturated heterocycles. The van der Waals surface area contributed by atoms with Gasteiger partial charge in [-0.1, -0.05) is 19.9 Å². The molecule has 2 nitrogen and oxygen atoms in total. The second-order valence-corrected chi connectivity index (χ2v) is 4.07. The smallest absolute Gasteiger partial charge is 0.0891 e. The molecule has 0 bridgehead atoms. The van der Waals surface area contributed by atoms with Crippen LogP contribution in [0.2, 0.25) is 0 Å². The molecule has 1 aromatic rings. The third kappa shape index (κ3) is 3.46. The molecule has 0 aliphatic heterocycles. The lowest BCUT2D eigenvalue weighted by Crippen LogP contribution is -2.05. The zero-order valence-corrected chi connectivity index (χ0v) is 9.45. The van der Waals surface area contributed by atoms with Crippen molar-refractivity contribution in [2.45, 2.75) is 46.3 Å². The summed E-state index contributed by atoms with van der Waals surface area (Å²) in [7, 11) is 0. The summed E-state index contributed by atoms with van der Waals surface area (Å²) in [4.78, 5) is 4.52. The zero-order valence-electron chi connectivity index (χ0n) is 9.45. The van der Waals surface area contributed by atoms with Crippen LogP contribution in [-0.4, -0.2) is 11.1 Å². The van der Waals surface area contributed by atoms with Crippen molar-refractivity contribution in [1.29, 1.82) is 0 Å². The van der Waals surface area contributed by atoms with E-state index in [4.69, 9.17) is 4.74 Å². The average Bonchev–Trinajstić information content (AvgIpc) is 2.15. The van der Waals surface area contributed by atoms with Crippen LogP contribution in [0, 0.1) is 0 Å². The Hall–Kier alpha value is -0.890. The minimum atomic E-state index is 0.263. The predicted molar refractivity (Wildman–Crippen MR) is 58.3 cm³/mol. The fourth-order valence-electron chi connectivity index (χ4n) is 1.15. The fraction of sp³-hybridized carbons (Fsp3) is 0.583. The number of hydrogen-bond donors (Lipinski definition) is 0. The Balaban J connectivity index is 2.64. The van der Waals surface area contributed by atoms with Crippen LogP contribution in [0.25, 0.3) is 0 Å². The number of ether oxygens (including phenoxy) is 1. The molecule has 14 heavy (non-hydrogen) atoms. The molecule has 2 heteroatoms. The summed E-state index contributed by atoms with van der Waals surface area (Å²) in [6, 6.07) is 6.11. The zero-order chi connectivity index (χ0) is 10.6. The summed E-state index contributed by atoms with van der Waals surface area (Å²) < 4.78 is 5.50. The molecule has 0 radical (unpaired) electrons. The molecule has 78 valence electrons. The van der Waals surface area contributed by atoms with Gasteiger partial charge >= 0.3 is 0 Å². The predicted octanol–water partition coefficient (Wildman–Crippen LogP) is 3.13. The van der Waals surface area contributed by atoms with E-state index >= 15 is 0 Å². The van der Waals surface area contributed by atoms with Crippen LogP contribution in [0.3, 0.4) is 0 Å². The van der Waals surface area contributed by atoms with Crippen molar-refractivity contribution < 1.29 is 4.74 Å². The SMILES string of the molecule is CC(C)OCc1cccc(C(C)C)n1. The van der Waals surface area contributed by atoms with Crippen molar-refractivity contribution in [3.05, 3.63) is 29.6 Å². The molecule has 1 heterocycles. The first-order chi connectivity index (χ1) is 6.59. The number of nitrogens with zero attached hydrogens (tertiary/aromatic N) is 1. The normalized spacial score (nSPS) is 11.3. The molecule has 0 unspecified atom stereocenters. The number of rotatable bonds is 4. The van der Waals surface area contributed by atoms with Crippen molar-refractivity contribution in [3.63, 3.8) is 0 Å². The Morgan fingerprint density at radius 1 is 1.21 bits per heavy atom. The average molecular weight is 193 g/mol. The summed E-state index contributed by atoms with van der Waals surface area (Å²) in [5.41, 5.74) is 2.15. The number of aromatic nitrogens is 1. The van der Waals surface area contributed by atoms with E-state index < -0.39 is 0 Å². The van der Waals surface area contributed by atoms with Crippen molar-refractivity contribution in [2.75, 3.05) is 0 Å². The highest BCUT2D eigenvalue weighted by atomic mass is 16.5. The maximum absolute atomic E-state index is 5.50. The van der Waals surface area contributed by atoms with E-state index in [1.54, 1.807) is 0 Å².